The Bertz CT molecular complexity index is 1350. The predicted molar refractivity (Wildman–Crippen MR) is 133 cm³/mol. The lowest BCUT2D eigenvalue weighted by atomic mass is 10.0. The van der Waals surface area contributed by atoms with Gasteiger partial charge in [-0.25, -0.2) is 4.68 Å². The summed E-state index contributed by atoms with van der Waals surface area (Å²) >= 11 is 0. The molecule has 0 bridgehead atoms. The van der Waals surface area contributed by atoms with Gasteiger partial charge in [0.25, 0.3) is 11.8 Å². The van der Waals surface area contributed by atoms with Gasteiger partial charge < -0.3 is 25.0 Å². The number of ether oxygens (including phenoxy) is 2. The molecule has 1 saturated heterocycles. The molecule has 0 atom stereocenters. The summed E-state index contributed by atoms with van der Waals surface area (Å²) in [5, 5.41) is 4.41. The summed E-state index contributed by atoms with van der Waals surface area (Å²) in [6.07, 6.45) is 2.86. The van der Waals surface area contributed by atoms with Crippen LogP contribution in [0.2, 0.25) is 0 Å². The van der Waals surface area contributed by atoms with Crippen LogP contribution in [0, 0.1) is 0 Å². The fraction of sp³-hybridized carbons (Fsp3) is 0.308. The number of methoxy groups -OCH3 is 2. The zero-order valence-electron chi connectivity index (χ0n) is 20.2. The van der Waals surface area contributed by atoms with Crippen molar-refractivity contribution in [1.82, 2.24) is 9.78 Å². The van der Waals surface area contributed by atoms with Gasteiger partial charge in [0.1, 0.15) is 5.69 Å². The first-order valence-corrected chi connectivity index (χ1v) is 11.8. The van der Waals surface area contributed by atoms with E-state index in [0.717, 1.165) is 18.5 Å². The van der Waals surface area contributed by atoms with E-state index >= 15 is 0 Å². The van der Waals surface area contributed by atoms with Crippen molar-refractivity contribution >= 4 is 29.1 Å². The third kappa shape index (κ3) is 3.94. The quantitative estimate of drug-likeness (QED) is 0.569. The number of nitrogens with two attached hydrogens (primary N) is 1. The van der Waals surface area contributed by atoms with Crippen LogP contribution < -0.4 is 25.0 Å². The molecule has 0 aliphatic carbocycles. The number of anilines is 2. The minimum Gasteiger partial charge on any atom is -0.493 e. The standard InChI is InChI=1S/C26H27N5O5/c1-35-20-11-10-18(15-21(20)36-2)31-24-19(23(28-31)25(27)33)12-14-30(26(24)34)17-8-6-16(7-9-17)29-13-4-3-5-22(29)32/h6-11,15H,3-5,12-14H2,1-2H3,(H2,27,33). The van der Waals surface area contributed by atoms with E-state index in [9.17, 15) is 14.4 Å². The van der Waals surface area contributed by atoms with E-state index in [0.29, 0.717) is 54.4 Å². The number of hydrogen-bond acceptors (Lipinski definition) is 6. The van der Waals surface area contributed by atoms with E-state index in [4.69, 9.17) is 15.2 Å². The molecule has 186 valence electrons. The summed E-state index contributed by atoms with van der Waals surface area (Å²) in [6.45, 7) is 1.07. The molecule has 10 nitrogen and oxygen atoms in total. The maximum Gasteiger partial charge on any atom is 0.277 e. The molecule has 2 aromatic carbocycles. The molecular formula is C26H27N5O5. The molecule has 0 radical (unpaired) electrons. The van der Waals surface area contributed by atoms with Crippen LogP contribution in [0.25, 0.3) is 5.69 Å². The van der Waals surface area contributed by atoms with Crippen molar-refractivity contribution in [3.8, 4) is 17.2 Å². The molecule has 3 heterocycles. The Balaban J connectivity index is 1.52. The smallest absolute Gasteiger partial charge is 0.277 e. The normalized spacial score (nSPS) is 15.6. The lowest BCUT2D eigenvalue weighted by Crippen LogP contribution is -2.39. The Kier molecular flexibility index (Phi) is 6.09. The highest BCUT2D eigenvalue weighted by Crippen LogP contribution is 2.33. The predicted octanol–water partition coefficient (Wildman–Crippen LogP) is 2.71. The lowest BCUT2D eigenvalue weighted by molar-refractivity contribution is -0.119. The summed E-state index contributed by atoms with van der Waals surface area (Å²) in [4.78, 5) is 41.6. The highest BCUT2D eigenvalue weighted by molar-refractivity contribution is 6.09. The molecule has 2 N–H and O–H groups in total. The van der Waals surface area contributed by atoms with Crippen molar-refractivity contribution in [3.63, 3.8) is 0 Å². The lowest BCUT2D eigenvalue weighted by Gasteiger charge is -2.29. The van der Waals surface area contributed by atoms with Crippen LogP contribution in [0.3, 0.4) is 0 Å². The summed E-state index contributed by atoms with van der Waals surface area (Å²) in [5.74, 6) is 0.112. The van der Waals surface area contributed by atoms with Crippen molar-refractivity contribution < 1.29 is 23.9 Å². The average molecular weight is 490 g/mol. The van der Waals surface area contributed by atoms with E-state index in [1.165, 1.54) is 18.9 Å². The van der Waals surface area contributed by atoms with Gasteiger partial charge in [-0.3, -0.25) is 14.4 Å². The fourth-order valence-electron chi connectivity index (χ4n) is 4.84. The molecule has 36 heavy (non-hydrogen) atoms. The molecule has 2 aliphatic heterocycles. The zero-order chi connectivity index (χ0) is 25.4. The number of piperidine rings is 1. The molecule has 5 rings (SSSR count). The van der Waals surface area contributed by atoms with Crippen LogP contribution in [0.5, 0.6) is 11.5 Å². The molecular weight excluding hydrogens is 462 g/mol. The molecule has 2 aliphatic rings. The molecule has 3 aromatic rings. The zero-order valence-corrected chi connectivity index (χ0v) is 20.2. The van der Waals surface area contributed by atoms with Crippen molar-refractivity contribution in [2.75, 3.05) is 37.1 Å². The number of carbonyl (C=O) groups excluding carboxylic acids is 3. The maximum absolute atomic E-state index is 13.8. The Morgan fingerprint density at radius 3 is 2.17 bits per heavy atom. The SMILES string of the molecule is COc1ccc(-n2nc(C(N)=O)c3c2C(=O)N(c2ccc(N4CCCCC4=O)cc2)CC3)cc1OC. The first-order valence-electron chi connectivity index (χ1n) is 11.8. The van der Waals surface area contributed by atoms with Crippen molar-refractivity contribution in [2.45, 2.75) is 25.7 Å². The van der Waals surface area contributed by atoms with Gasteiger partial charge >= 0.3 is 0 Å². The van der Waals surface area contributed by atoms with E-state index in [1.807, 2.05) is 24.3 Å². The van der Waals surface area contributed by atoms with Gasteiger partial charge in [-0.15, -0.1) is 0 Å². The van der Waals surface area contributed by atoms with Gasteiger partial charge in [-0.1, -0.05) is 0 Å². The number of carbonyl (C=O) groups is 3. The van der Waals surface area contributed by atoms with Crippen LogP contribution in [0.4, 0.5) is 11.4 Å². The second-order valence-electron chi connectivity index (χ2n) is 8.72. The maximum atomic E-state index is 13.8. The fourth-order valence-corrected chi connectivity index (χ4v) is 4.84. The molecule has 1 aromatic heterocycles. The number of rotatable bonds is 6. The van der Waals surface area contributed by atoms with Gasteiger partial charge in [0, 0.05) is 42.5 Å². The van der Waals surface area contributed by atoms with Crippen LogP contribution in [0.1, 0.15) is 45.8 Å². The third-order valence-corrected chi connectivity index (χ3v) is 6.66. The molecule has 0 saturated carbocycles. The van der Waals surface area contributed by atoms with E-state index in [2.05, 4.69) is 5.10 Å². The number of fused-ring (bicyclic) bond motifs is 1. The van der Waals surface area contributed by atoms with Crippen LogP contribution in [0.15, 0.2) is 42.5 Å². The first-order chi connectivity index (χ1) is 17.4. The second kappa shape index (κ2) is 9.37. The second-order valence-corrected chi connectivity index (χ2v) is 8.72. The molecule has 1 fully saturated rings. The number of amides is 3. The van der Waals surface area contributed by atoms with Gasteiger partial charge in [0.15, 0.2) is 17.2 Å². The molecule has 0 unspecified atom stereocenters. The summed E-state index contributed by atoms with van der Waals surface area (Å²) in [5.41, 5.74) is 8.52. The minimum atomic E-state index is -0.692. The van der Waals surface area contributed by atoms with Gasteiger partial charge in [-0.2, -0.15) is 5.10 Å². The summed E-state index contributed by atoms with van der Waals surface area (Å²) < 4.78 is 12.1. The minimum absolute atomic E-state index is 0.0757. The summed E-state index contributed by atoms with van der Waals surface area (Å²) in [7, 11) is 3.05. The Morgan fingerprint density at radius 2 is 1.53 bits per heavy atom. The molecule has 0 spiro atoms. The highest BCUT2D eigenvalue weighted by Gasteiger charge is 2.35. The third-order valence-electron chi connectivity index (χ3n) is 6.66. The number of hydrogen-bond donors (Lipinski definition) is 1. The van der Waals surface area contributed by atoms with Crippen molar-refractivity contribution in [1.29, 1.82) is 0 Å². The van der Waals surface area contributed by atoms with Gasteiger partial charge in [-0.05, 0) is 55.7 Å². The summed E-state index contributed by atoms with van der Waals surface area (Å²) in [6, 6.07) is 12.5. The topological polar surface area (TPSA) is 120 Å². The van der Waals surface area contributed by atoms with Crippen LogP contribution in [-0.2, 0) is 11.2 Å². The van der Waals surface area contributed by atoms with Gasteiger partial charge in [0.05, 0.1) is 19.9 Å². The highest BCUT2D eigenvalue weighted by atomic mass is 16.5. The van der Waals surface area contributed by atoms with Crippen LogP contribution in [-0.4, -0.2) is 54.8 Å². The van der Waals surface area contributed by atoms with Crippen LogP contribution >= 0.6 is 0 Å². The van der Waals surface area contributed by atoms with E-state index in [1.54, 1.807) is 28.0 Å². The number of primary amides is 1. The largest absolute Gasteiger partial charge is 0.493 e. The Labute approximate surface area is 208 Å². The van der Waals surface area contributed by atoms with E-state index < -0.39 is 5.91 Å². The number of benzene rings is 2. The average Bonchev–Trinajstić information content (AvgIpc) is 3.30. The van der Waals surface area contributed by atoms with Crippen molar-refractivity contribution in [2.24, 2.45) is 5.73 Å². The number of aromatic nitrogens is 2. The van der Waals surface area contributed by atoms with Gasteiger partial charge in [0.2, 0.25) is 5.91 Å². The number of nitrogens with zero attached hydrogens (tertiary/aromatic N) is 4. The monoisotopic (exact) mass is 489 g/mol. The first kappa shape index (κ1) is 23.4. The molecule has 10 heteroatoms. The van der Waals surface area contributed by atoms with Crippen molar-refractivity contribution in [3.05, 3.63) is 59.4 Å². The Morgan fingerprint density at radius 1 is 0.861 bits per heavy atom. The molecule has 3 amide bonds. The Hall–Kier alpha value is -4.34. The van der Waals surface area contributed by atoms with E-state index in [-0.39, 0.29) is 23.2 Å².